The fraction of sp³-hybridized carbons (Fsp3) is 0.500. The molecule has 2 aromatic rings. The van der Waals surface area contributed by atoms with Gasteiger partial charge in [0.15, 0.2) is 5.96 Å². The van der Waals surface area contributed by atoms with E-state index < -0.39 is 0 Å². The van der Waals surface area contributed by atoms with Gasteiger partial charge in [-0.05, 0) is 39.1 Å². The Bertz CT molecular complexity index is 759. The maximum Gasteiger partial charge on any atom is 0.191 e. The lowest BCUT2D eigenvalue weighted by atomic mass is 10.1. The van der Waals surface area contributed by atoms with Crippen molar-refractivity contribution in [2.24, 2.45) is 12.0 Å². The number of nitrogens with zero attached hydrogens (tertiary/aromatic N) is 4. The Morgan fingerprint density at radius 1 is 1.32 bits per heavy atom. The predicted octanol–water partition coefficient (Wildman–Crippen LogP) is 2.37. The van der Waals surface area contributed by atoms with Crippen LogP contribution in [0.15, 0.2) is 35.6 Å². The number of guanidine groups is 1. The van der Waals surface area contributed by atoms with Crippen molar-refractivity contribution in [3.8, 4) is 5.75 Å². The summed E-state index contributed by atoms with van der Waals surface area (Å²) in [5.41, 5.74) is 3.61. The van der Waals surface area contributed by atoms with Crippen LogP contribution in [0, 0.1) is 6.92 Å². The Hall–Kier alpha value is -1.81. The van der Waals surface area contributed by atoms with Crippen LogP contribution in [0.1, 0.15) is 22.7 Å². The molecule has 0 fully saturated rings. The van der Waals surface area contributed by atoms with Crippen LogP contribution in [0.5, 0.6) is 5.75 Å². The van der Waals surface area contributed by atoms with Gasteiger partial charge in [-0.2, -0.15) is 5.10 Å². The average Bonchev–Trinajstić information content (AvgIpc) is 3.06. The molecule has 1 atom stereocenters. The zero-order valence-electron chi connectivity index (χ0n) is 17.7. The van der Waals surface area contributed by atoms with Gasteiger partial charge in [-0.25, -0.2) is 0 Å². The number of ether oxygens (including phenoxy) is 1. The van der Waals surface area contributed by atoms with Gasteiger partial charge in [-0.15, -0.1) is 24.0 Å². The second-order valence-corrected chi connectivity index (χ2v) is 6.87. The summed E-state index contributed by atoms with van der Waals surface area (Å²) in [6.07, 6.45) is 4.82. The maximum absolute atomic E-state index is 5.45. The van der Waals surface area contributed by atoms with E-state index in [4.69, 9.17) is 4.74 Å². The van der Waals surface area contributed by atoms with Crippen molar-refractivity contribution in [1.29, 1.82) is 0 Å². The molecule has 0 aliphatic heterocycles. The van der Waals surface area contributed by atoms with E-state index in [1.54, 1.807) is 14.2 Å². The highest BCUT2D eigenvalue weighted by molar-refractivity contribution is 14.0. The molecule has 0 saturated carbocycles. The van der Waals surface area contributed by atoms with Crippen LogP contribution in [0.2, 0.25) is 0 Å². The molecule has 0 amide bonds. The fourth-order valence-electron chi connectivity index (χ4n) is 3.04. The molecule has 0 spiro atoms. The van der Waals surface area contributed by atoms with Gasteiger partial charge in [0, 0.05) is 38.9 Å². The van der Waals surface area contributed by atoms with Gasteiger partial charge in [0.25, 0.3) is 0 Å². The Balaban J connectivity index is 0.00000392. The number of aryl methyl sites for hydroxylation is 2. The number of hydrogen-bond donors (Lipinski definition) is 2. The maximum atomic E-state index is 5.45. The lowest BCUT2D eigenvalue weighted by Gasteiger charge is -2.24. The summed E-state index contributed by atoms with van der Waals surface area (Å²) in [5, 5.41) is 11.1. The van der Waals surface area contributed by atoms with Crippen molar-refractivity contribution in [2.45, 2.75) is 19.4 Å². The van der Waals surface area contributed by atoms with E-state index in [1.807, 2.05) is 30.2 Å². The normalized spacial score (nSPS) is 12.5. The fourth-order valence-corrected chi connectivity index (χ4v) is 3.04. The second kappa shape index (κ2) is 11.9. The molecular formula is C20H33IN6O. The number of methoxy groups -OCH3 is 1. The smallest absolute Gasteiger partial charge is 0.191 e. The monoisotopic (exact) mass is 500 g/mol. The predicted molar refractivity (Wildman–Crippen MR) is 126 cm³/mol. The largest absolute Gasteiger partial charge is 0.496 e. The van der Waals surface area contributed by atoms with Crippen LogP contribution in [-0.2, 0) is 13.5 Å². The van der Waals surface area contributed by atoms with Gasteiger partial charge in [0.05, 0.1) is 19.3 Å². The molecule has 156 valence electrons. The van der Waals surface area contributed by atoms with E-state index in [9.17, 15) is 0 Å². The number of aliphatic imine (C=N–C) groups is 1. The van der Waals surface area contributed by atoms with E-state index in [-0.39, 0.29) is 30.0 Å². The van der Waals surface area contributed by atoms with E-state index in [0.717, 1.165) is 31.2 Å². The first kappa shape index (κ1) is 24.2. The van der Waals surface area contributed by atoms with Crippen molar-refractivity contribution >= 4 is 29.9 Å². The highest BCUT2D eigenvalue weighted by atomic mass is 127. The van der Waals surface area contributed by atoms with Gasteiger partial charge in [-0.3, -0.25) is 9.67 Å². The summed E-state index contributed by atoms with van der Waals surface area (Å²) in [7, 11) is 9.57. The lowest BCUT2D eigenvalue weighted by Crippen LogP contribution is -2.42. The van der Waals surface area contributed by atoms with Gasteiger partial charge >= 0.3 is 0 Å². The summed E-state index contributed by atoms with van der Waals surface area (Å²) < 4.78 is 7.28. The van der Waals surface area contributed by atoms with E-state index in [2.05, 4.69) is 58.8 Å². The summed E-state index contributed by atoms with van der Waals surface area (Å²) in [4.78, 5) is 6.51. The molecule has 0 radical (unpaired) electrons. The Labute approximate surface area is 185 Å². The summed E-state index contributed by atoms with van der Waals surface area (Å²) in [6, 6.07) is 6.47. The minimum atomic E-state index is 0. The number of hydrogen-bond acceptors (Lipinski definition) is 4. The topological polar surface area (TPSA) is 66.7 Å². The first-order valence-electron chi connectivity index (χ1n) is 9.17. The summed E-state index contributed by atoms with van der Waals surface area (Å²) in [5.74, 6) is 1.71. The first-order chi connectivity index (χ1) is 12.9. The Morgan fingerprint density at radius 3 is 2.64 bits per heavy atom. The van der Waals surface area contributed by atoms with Crippen LogP contribution in [0.3, 0.4) is 0 Å². The van der Waals surface area contributed by atoms with Crippen molar-refractivity contribution in [1.82, 2.24) is 25.3 Å². The summed E-state index contributed by atoms with van der Waals surface area (Å²) in [6.45, 7) is 3.61. The number of rotatable bonds is 8. The molecule has 8 heteroatoms. The van der Waals surface area contributed by atoms with Crippen molar-refractivity contribution in [2.75, 3.05) is 41.3 Å². The van der Waals surface area contributed by atoms with Crippen LogP contribution >= 0.6 is 24.0 Å². The molecule has 7 nitrogen and oxygen atoms in total. The number of likely N-dealkylation sites (N-methyl/N-ethyl adjacent to an activating group) is 1. The number of halogens is 1. The number of aromatic nitrogens is 2. The minimum absolute atomic E-state index is 0. The highest BCUT2D eigenvalue weighted by Gasteiger charge is 2.16. The van der Waals surface area contributed by atoms with Crippen molar-refractivity contribution < 1.29 is 4.74 Å². The van der Waals surface area contributed by atoms with Crippen LogP contribution in [-0.4, -0.2) is 62.0 Å². The van der Waals surface area contributed by atoms with E-state index in [1.165, 1.54) is 16.7 Å². The first-order valence-corrected chi connectivity index (χ1v) is 9.17. The highest BCUT2D eigenvalue weighted by Crippen LogP contribution is 2.20. The molecular weight excluding hydrogens is 467 g/mol. The molecule has 0 aliphatic rings. The number of nitrogens with one attached hydrogen (secondary N) is 2. The minimum Gasteiger partial charge on any atom is -0.496 e. The standard InChI is InChI=1S/C20H32N6O.HI/c1-15-7-8-19(27-6)16(11-15)9-10-22-20(21-2)23-13-18(25(3)4)17-12-24-26(5)14-17;/h7-8,11-12,14,18H,9-10,13H2,1-6H3,(H2,21,22,23);1H. The van der Waals surface area contributed by atoms with Gasteiger partial charge < -0.3 is 20.3 Å². The third-order valence-electron chi connectivity index (χ3n) is 4.54. The second-order valence-electron chi connectivity index (χ2n) is 6.87. The third-order valence-corrected chi connectivity index (χ3v) is 4.54. The SMILES string of the molecule is CN=C(NCCc1cc(C)ccc1OC)NCC(c1cnn(C)c1)N(C)C.I. The van der Waals surface area contributed by atoms with Gasteiger partial charge in [-0.1, -0.05) is 17.7 Å². The number of benzene rings is 1. The molecule has 1 unspecified atom stereocenters. The van der Waals surface area contributed by atoms with E-state index in [0.29, 0.717) is 0 Å². The molecule has 0 bridgehead atoms. The molecule has 2 rings (SSSR count). The van der Waals surface area contributed by atoms with Crippen molar-refractivity contribution in [3.05, 3.63) is 47.3 Å². The van der Waals surface area contributed by atoms with Gasteiger partial charge in [0.2, 0.25) is 0 Å². The molecule has 28 heavy (non-hydrogen) atoms. The molecule has 1 aromatic heterocycles. The zero-order chi connectivity index (χ0) is 19.8. The summed E-state index contributed by atoms with van der Waals surface area (Å²) >= 11 is 0. The molecule has 2 N–H and O–H groups in total. The van der Waals surface area contributed by atoms with Crippen LogP contribution in [0.4, 0.5) is 0 Å². The Morgan fingerprint density at radius 2 is 2.07 bits per heavy atom. The van der Waals surface area contributed by atoms with E-state index >= 15 is 0 Å². The van der Waals surface area contributed by atoms with Gasteiger partial charge in [0.1, 0.15) is 5.75 Å². The zero-order valence-corrected chi connectivity index (χ0v) is 20.0. The molecule has 0 aliphatic carbocycles. The molecule has 1 heterocycles. The van der Waals surface area contributed by atoms with Crippen LogP contribution < -0.4 is 15.4 Å². The quantitative estimate of drug-likeness (QED) is 0.331. The average molecular weight is 500 g/mol. The van der Waals surface area contributed by atoms with Crippen LogP contribution in [0.25, 0.3) is 0 Å². The molecule has 0 saturated heterocycles. The lowest BCUT2D eigenvalue weighted by molar-refractivity contribution is 0.298. The van der Waals surface area contributed by atoms with Crippen molar-refractivity contribution in [3.63, 3.8) is 0 Å². The Kier molecular flexibility index (Phi) is 10.3. The molecule has 1 aromatic carbocycles. The third kappa shape index (κ3) is 6.97.